The first-order valence-electron chi connectivity index (χ1n) is 10.0. The number of furan rings is 1. The molecule has 0 radical (unpaired) electrons. The number of carbonyl (C=O) groups is 2. The number of rotatable bonds is 7. The zero-order chi connectivity index (χ0) is 23.4. The smallest absolute Gasteiger partial charge is 0.274 e. The molecule has 4 aromatic rings. The average molecular weight is 465 g/mol. The molecule has 0 bridgehead atoms. The predicted octanol–water partition coefficient (Wildman–Crippen LogP) is 4.51. The van der Waals surface area contributed by atoms with Gasteiger partial charge in [-0.2, -0.15) is 5.10 Å². The maximum absolute atomic E-state index is 13.0. The van der Waals surface area contributed by atoms with Gasteiger partial charge < -0.3 is 19.4 Å². The number of nitrogens with zero attached hydrogens (tertiary/aromatic N) is 3. The Morgan fingerprint density at radius 3 is 2.58 bits per heavy atom. The molecule has 0 saturated heterocycles. The van der Waals surface area contributed by atoms with Gasteiger partial charge in [-0.1, -0.05) is 17.7 Å². The van der Waals surface area contributed by atoms with E-state index in [2.05, 4.69) is 10.4 Å². The van der Waals surface area contributed by atoms with Crippen molar-refractivity contribution in [3.63, 3.8) is 0 Å². The third-order valence-electron chi connectivity index (χ3n) is 4.86. The van der Waals surface area contributed by atoms with Crippen LogP contribution in [0.3, 0.4) is 0 Å². The van der Waals surface area contributed by atoms with Crippen molar-refractivity contribution < 1.29 is 18.7 Å². The molecule has 33 heavy (non-hydrogen) atoms. The van der Waals surface area contributed by atoms with Gasteiger partial charge in [0.25, 0.3) is 5.91 Å². The van der Waals surface area contributed by atoms with Gasteiger partial charge in [0.2, 0.25) is 5.91 Å². The quantitative estimate of drug-likeness (QED) is 0.435. The van der Waals surface area contributed by atoms with Gasteiger partial charge in [0.05, 0.1) is 25.6 Å². The van der Waals surface area contributed by atoms with Crippen LogP contribution in [-0.2, 0) is 4.79 Å². The van der Waals surface area contributed by atoms with E-state index < -0.39 is 5.91 Å². The van der Waals surface area contributed by atoms with Crippen molar-refractivity contribution in [2.45, 2.75) is 0 Å². The number of halogens is 1. The second kappa shape index (κ2) is 9.62. The summed E-state index contributed by atoms with van der Waals surface area (Å²) in [7, 11) is 3.11. The van der Waals surface area contributed by atoms with Crippen LogP contribution in [0.1, 0.15) is 10.5 Å². The fourth-order valence-corrected chi connectivity index (χ4v) is 3.43. The van der Waals surface area contributed by atoms with Crippen molar-refractivity contribution in [3.05, 3.63) is 83.7 Å². The summed E-state index contributed by atoms with van der Waals surface area (Å²) in [6.07, 6.45) is 1.54. The molecule has 9 heteroatoms. The summed E-state index contributed by atoms with van der Waals surface area (Å²) >= 11 is 6.14. The van der Waals surface area contributed by atoms with Crippen LogP contribution in [-0.4, -0.2) is 47.2 Å². The summed E-state index contributed by atoms with van der Waals surface area (Å²) in [4.78, 5) is 26.8. The Balaban J connectivity index is 1.53. The molecule has 2 aromatic heterocycles. The highest BCUT2D eigenvalue weighted by Gasteiger charge is 2.22. The van der Waals surface area contributed by atoms with Crippen molar-refractivity contribution in [1.82, 2.24) is 14.7 Å². The van der Waals surface area contributed by atoms with E-state index in [4.69, 9.17) is 20.8 Å². The number of ether oxygens (including phenoxy) is 1. The van der Waals surface area contributed by atoms with Crippen LogP contribution in [0.4, 0.5) is 5.69 Å². The van der Waals surface area contributed by atoms with E-state index in [1.807, 2.05) is 6.07 Å². The van der Waals surface area contributed by atoms with Crippen LogP contribution in [0.25, 0.3) is 17.1 Å². The third-order valence-corrected chi connectivity index (χ3v) is 5.09. The lowest BCUT2D eigenvalue weighted by atomic mass is 10.2. The maximum atomic E-state index is 13.0. The Labute approximate surface area is 195 Å². The number of anilines is 1. The first kappa shape index (κ1) is 22.2. The second-order valence-electron chi connectivity index (χ2n) is 7.22. The fourth-order valence-electron chi connectivity index (χ4n) is 3.25. The van der Waals surface area contributed by atoms with Crippen LogP contribution in [0.2, 0.25) is 5.02 Å². The van der Waals surface area contributed by atoms with E-state index in [0.717, 1.165) is 0 Å². The van der Waals surface area contributed by atoms with Crippen molar-refractivity contribution in [3.8, 4) is 22.9 Å². The number of methoxy groups -OCH3 is 1. The van der Waals surface area contributed by atoms with Gasteiger partial charge in [0, 0.05) is 23.8 Å². The topological polar surface area (TPSA) is 89.6 Å². The highest BCUT2D eigenvalue weighted by atomic mass is 35.5. The predicted molar refractivity (Wildman–Crippen MR) is 125 cm³/mol. The zero-order valence-corrected chi connectivity index (χ0v) is 18.7. The number of aromatic nitrogens is 2. The SMILES string of the molecule is COc1ccc(NC(=O)CN(C)C(=O)c2cc(-c3ccco3)n(-c3cccc(Cl)c3)n2)cc1. The van der Waals surface area contributed by atoms with Crippen molar-refractivity contribution in [1.29, 1.82) is 0 Å². The first-order valence-corrected chi connectivity index (χ1v) is 10.4. The van der Waals surface area contributed by atoms with E-state index in [9.17, 15) is 9.59 Å². The number of nitrogens with one attached hydrogen (secondary N) is 1. The highest BCUT2D eigenvalue weighted by molar-refractivity contribution is 6.30. The number of likely N-dealkylation sites (N-methyl/N-ethyl adjacent to an activating group) is 1. The monoisotopic (exact) mass is 464 g/mol. The number of hydrogen-bond donors (Lipinski definition) is 1. The molecular formula is C24H21ClN4O4. The van der Waals surface area contributed by atoms with Gasteiger partial charge in [-0.25, -0.2) is 4.68 Å². The number of amides is 2. The largest absolute Gasteiger partial charge is 0.497 e. The summed E-state index contributed by atoms with van der Waals surface area (Å²) in [6, 6.07) is 19.2. The summed E-state index contributed by atoms with van der Waals surface area (Å²) in [6.45, 7) is -0.148. The Morgan fingerprint density at radius 1 is 1.12 bits per heavy atom. The number of benzene rings is 2. The molecule has 4 rings (SSSR count). The molecule has 0 saturated carbocycles. The third kappa shape index (κ3) is 5.07. The molecule has 0 unspecified atom stereocenters. The van der Waals surface area contributed by atoms with Gasteiger partial charge in [0.15, 0.2) is 11.5 Å². The molecule has 0 atom stereocenters. The normalized spacial score (nSPS) is 10.6. The Kier molecular flexibility index (Phi) is 6.46. The van der Waals surface area contributed by atoms with Gasteiger partial charge in [-0.3, -0.25) is 9.59 Å². The average Bonchev–Trinajstić information content (AvgIpc) is 3.49. The molecule has 2 amide bonds. The molecule has 1 N–H and O–H groups in total. The van der Waals surface area contributed by atoms with Gasteiger partial charge in [-0.05, 0) is 54.6 Å². The lowest BCUT2D eigenvalue weighted by Gasteiger charge is -2.15. The van der Waals surface area contributed by atoms with Crippen molar-refractivity contribution >= 4 is 29.1 Å². The molecular weight excluding hydrogens is 444 g/mol. The molecule has 2 aromatic carbocycles. The van der Waals surface area contributed by atoms with Gasteiger partial charge >= 0.3 is 0 Å². The van der Waals surface area contributed by atoms with Gasteiger partial charge in [0.1, 0.15) is 11.4 Å². The summed E-state index contributed by atoms with van der Waals surface area (Å²) in [5, 5.41) is 7.76. The lowest BCUT2D eigenvalue weighted by molar-refractivity contribution is -0.116. The standard InChI is InChI=1S/C24H21ClN4O4/c1-28(15-23(30)26-17-8-10-19(32-2)11-9-17)24(31)20-14-21(22-7-4-12-33-22)29(27-20)18-6-3-5-16(25)13-18/h3-14H,15H2,1-2H3,(H,26,30). The minimum absolute atomic E-state index is 0.148. The molecule has 168 valence electrons. The molecule has 0 fully saturated rings. The van der Waals surface area contributed by atoms with Crippen molar-refractivity contribution in [2.75, 3.05) is 26.0 Å². The highest BCUT2D eigenvalue weighted by Crippen LogP contribution is 2.26. The molecule has 0 aliphatic rings. The zero-order valence-electron chi connectivity index (χ0n) is 18.0. The maximum Gasteiger partial charge on any atom is 0.274 e. The van der Waals surface area contributed by atoms with Crippen LogP contribution >= 0.6 is 11.6 Å². The first-order chi connectivity index (χ1) is 15.9. The molecule has 0 aliphatic carbocycles. The van der Waals surface area contributed by atoms with E-state index in [1.165, 1.54) is 4.90 Å². The Bertz CT molecular complexity index is 1270. The van der Waals surface area contributed by atoms with Crippen molar-refractivity contribution in [2.24, 2.45) is 0 Å². The Morgan fingerprint density at radius 2 is 1.91 bits per heavy atom. The van der Waals surface area contributed by atoms with Crippen LogP contribution in [0.15, 0.2) is 77.4 Å². The van der Waals surface area contributed by atoms with Crippen LogP contribution in [0.5, 0.6) is 5.75 Å². The van der Waals surface area contributed by atoms with Crippen LogP contribution in [0, 0.1) is 0 Å². The molecule has 0 aliphatic heterocycles. The summed E-state index contributed by atoms with van der Waals surface area (Å²) in [5.41, 5.74) is 2.03. The molecule has 2 heterocycles. The molecule has 8 nitrogen and oxygen atoms in total. The molecule has 0 spiro atoms. The fraction of sp³-hybridized carbons (Fsp3) is 0.125. The summed E-state index contributed by atoms with van der Waals surface area (Å²) in [5.74, 6) is 0.481. The minimum Gasteiger partial charge on any atom is -0.497 e. The lowest BCUT2D eigenvalue weighted by Crippen LogP contribution is -2.35. The van der Waals surface area contributed by atoms with E-state index in [1.54, 1.807) is 85.8 Å². The number of carbonyl (C=O) groups excluding carboxylic acids is 2. The minimum atomic E-state index is -0.409. The van der Waals surface area contributed by atoms with E-state index in [-0.39, 0.29) is 18.1 Å². The number of hydrogen-bond acceptors (Lipinski definition) is 5. The second-order valence-corrected chi connectivity index (χ2v) is 7.66. The summed E-state index contributed by atoms with van der Waals surface area (Å²) < 4.78 is 12.2. The van der Waals surface area contributed by atoms with E-state index >= 15 is 0 Å². The Hall–Kier alpha value is -4.04. The van der Waals surface area contributed by atoms with Crippen LogP contribution < -0.4 is 10.1 Å². The van der Waals surface area contributed by atoms with E-state index in [0.29, 0.717) is 33.6 Å². The van der Waals surface area contributed by atoms with Gasteiger partial charge in [-0.15, -0.1) is 0 Å².